The Morgan fingerprint density at radius 1 is 1.21 bits per heavy atom. The van der Waals surface area contributed by atoms with Gasteiger partial charge >= 0.3 is 0 Å². The third-order valence-corrected chi connectivity index (χ3v) is 2.38. The van der Waals surface area contributed by atoms with Crippen molar-refractivity contribution < 1.29 is 14.3 Å². The minimum absolute atomic E-state index is 0.128. The summed E-state index contributed by atoms with van der Waals surface area (Å²) in [5.41, 5.74) is 11.1. The molecule has 6 heteroatoms. The monoisotopic (exact) mass is 265 g/mol. The fourth-order valence-corrected chi connectivity index (χ4v) is 1.59. The lowest BCUT2D eigenvalue weighted by Crippen LogP contribution is -2.37. The predicted molar refractivity (Wildman–Crippen MR) is 71.3 cm³/mol. The molecule has 1 atom stereocenters. The van der Waals surface area contributed by atoms with Gasteiger partial charge in [0.1, 0.15) is 11.8 Å². The number of primary amides is 2. The minimum Gasteiger partial charge on any atom is -0.484 e. The number of carbonyl (C=O) groups is 2. The van der Waals surface area contributed by atoms with Crippen molar-refractivity contribution in [2.45, 2.75) is 25.9 Å². The largest absolute Gasteiger partial charge is 0.484 e. The highest BCUT2D eigenvalue weighted by Gasteiger charge is 2.18. The summed E-state index contributed by atoms with van der Waals surface area (Å²) in [7, 11) is 0. The van der Waals surface area contributed by atoms with Gasteiger partial charge in [-0.05, 0) is 31.5 Å². The number of ether oxygens (including phenoxy) is 1. The van der Waals surface area contributed by atoms with E-state index >= 15 is 0 Å². The van der Waals surface area contributed by atoms with Crippen LogP contribution in [0.3, 0.4) is 0 Å². The molecule has 1 aromatic rings. The van der Waals surface area contributed by atoms with Crippen LogP contribution < -0.4 is 21.5 Å². The van der Waals surface area contributed by atoms with Crippen LogP contribution in [0, 0.1) is 0 Å². The first-order valence-corrected chi connectivity index (χ1v) is 5.96. The molecule has 19 heavy (non-hydrogen) atoms. The lowest BCUT2D eigenvalue weighted by Gasteiger charge is -2.18. The molecule has 0 aliphatic heterocycles. The van der Waals surface area contributed by atoms with Gasteiger partial charge in [0.25, 0.3) is 5.91 Å². The van der Waals surface area contributed by atoms with Gasteiger partial charge in [0.15, 0.2) is 6.61 Å². The Morgan fingerprint density at radius 3 is 2.21 bits per heavy atom. The van der Waals surface area contributed by atoms with Gasteiger partial charge in [0, 0.05) is 6.04 Å². The highest BCUT2D eigenvalue weighted by atomic mass is 16.5. The highest BCUT2D eigenvalue weighted by molar-refractivity contribution is 5.81. The molecule has 6 nitrogen and oxygen atoms in total. The first-order valence-electron chi connectivity index (χ1n) is 5.96. The smallest absolute Gasteiger partial charge is 0.255 e. The Kier molecular flexibility index (Phi) is 5.32. The maximum absolute atomic E-state index is 11.4. The van der Waals surface area contributed by atoms with Gasteiger partial charge in [-0.3, -0.25) is 14.9 Å². The minimum atomic E-state index is -0.551. The van der Waals surface area contributed by atoms with E-state index in [1.54, 1.807) is 24.3 Å². The first kappa shape index (κ1) is 15.0. The van der Waals surface area contributed by atoms with Crippen LogP contribution in [-0.4, -0.2) is 24.5 Å². The Hall–Kier alpha value is -2.08. The molecule has 0 saturated carbocycles. The number of hydrogen-bond acceptors (Lipinski definition) is 4. The third-order valence-electron chi connectivity index (χ3n) is 2.38. The van der Waals surface area contributed by atoms with Gasteiger partial charge < -0.3 is 16.2 Å². The number of benzene rings is 1. The summed E-state index contributed by atoms with van der Waals surface area (Å²) in [5, 5.41) is 3.08. The van der Waals surface area contributed by atoms with Gasteiger partial charge in [-0.15, -0.1) is 0 Å². The molecular weight excluding hydrogens is 246 g/mol. The Morgan fingerprint density at radius 2 is 1.79 bits per heavy atom. The van der Waals surface area contributed by atoms with Crippen molar-refractivity contribution >= 4 is 11.8 Å². The summed E-state index contributed by atoms with van der Waals surface area (Å²) in [4.78, 5) is 22.0. The first-order chi connectivity index (χ1) is 8.90. The molecule has 1 rings (SSSR count). The summed E-state index contributed by atoms with van der Waals surface area (Å²) in [6.45, 7) is 3.68. The molecule has 0 fully saturated rings. The second kappa shape index (κ2) is 6.75. The number of carbonyl (C=O) groups excluding carboxylic acids is 2. The quantitative estimate of drug-likeness (QED) is 0.648. The number of hydrogen-bond donors (Lipinski definition) is 3. The van der Waals surface area contributed by atoms with Gasteiger partial charge in [0.05, 0.1) is 0 Å². The lowest BCUT2D eigenvalue weighted by molar-refractivity contribution is -0.120. The molecule has 5 N–H and O–H groups in total. The van der Waals surface area contributed by atoms with Crippen LogP contribution in [0.2, 0.25) is 0 Å². The van der Waals surface area contributed by atoms with Crippen LogP contribution in [0.15, 0.2) is 24.3 Å². The molecular formula is C13H19N3O3. The second-order valence-corrected chi connectivity index (χ2v) is 4.48. The number of nitrogens with two attached hydrogens (primary N) is 2. The van der Waals surface area contributed by atoms with E-state index in [0.717, 1.165) is 5.56 Å². The van der Waals surface area contributed by atoms with Crippen LogP contribution in [0.25, 0.3) is 0 Å². The normalized spacial score (nSPS) is 12.2. The maximum atomic E-state index is 11.4. The molecule has 0 spiro atoms. The third kappa shape index (κ3) is 4.97. The van der Waals surface area contributed by atoms with E-state index in [-0.39, 0.29) is 12.6 Å². The van der Waals surface area contributed by atoms with Crippen molar-refractivity contribution in [3.05, 3.63) is 29.8 Å². The SMILES string of the molecule is CC(C)NC(C(N)=O)c1ccc(OCC(N)=O)cc1. The summed E-state index contributed by atoms with van der Waals surface area (Å²) >= 11 is 0. The summed E-state index contributed by atoms with van der Waals surface area (Å²) < 4.78 is 5.13. The molecule has 0 aliphatic carbocycles. The van der Waals surface area contributed by atoms with Gasteiger partial charge in [-0.25, -0.2) is 0 Å². The standard InChI is InChI=1S/C13H19N3O3/c1-8(2)16-12(13(15)18)9-3-5-10(6-4-9)19-7-11(14)17/h3-6,8,12,16H,7H2,1-2H3,(H2,14,17)(H2,15,18). The summed E-state index contributed by atoms with van der Waals surface area (Å²) in [6.07, 6.45) is 0. The molecule has 0 heterocycles. The predicted octanol–water partition coefficient (Wildman–Crippen LogP) is 0.0751. The van der Waals surface area contributed by atoms with E-state index in [4.69, 9.17) is 16.2 Å². The molecule has 2 amide bonds. The van der Waals surface area contributed by atoms with Crippen LogP contribution in [0.1, 0.15) is 25.5 Å². The van der Waals surface area contributed by atoms with Crippen LogP contribution in [0.5, 0.6) is 5.75 Å². The van der Waals surface area contributed by atoms with Crippen molar-refractivity contribution in [1.82, 2.24) is 5.32 Å². The van der Waals surface area contributed by atoms with E-state index < -0.39 is 17.9 Å². The van der Waals surface area contributed by atoms with E-state index in [1.165, 1.54) is 0 Å². The fraction of sp³-hybridized carbons (Fsp3) is 0.385. The number of amides is 2. The Labute approximate surface area is 112 Å². The Bertz CT molecular complexity index is 443. The highest BCUT2D eigenvalue weighted by Crippen LogP contribution is 2.18. The van der Waals surface area contributed by atoms with E-state index in [2.05, 4.69) is 5.32 Å². The van der Waals surface area contributed by atoms with E-state index in [1.807, 2.05) is 13.8 Å². The van der Waals surface area contributed by atoms with E-state index in [0.29, 0.717) is 5.75 Å². The summed E-state index contributed by atoms with van der Waals surface area (Å²) in [6, 6.07) is 6.35. The number of rotatable bonds is 7. The zero-order valence-corrected chi connectivity index (χ0v) is 11.1. The molecule has 0 radical (unpaired) electrons. The average Bonchev–Trinajstić information content (AvgIpc) is 2.33. The van der Waals surface area contributed by atoms with Crippen molar-refractivity contribution in [1.29, 1.82) is 0 Å². The van der Waals surface area contributed by atoms with Gasteiger partial charge in [0.2, 0.25) is 5.91 Å². The molecule has 1 unspecified atom stereocenters. The molecule has 104 valence electrons. The molecule has 0 aliphatic rings. The Balaban J connectivity index is 2.77. The second-order valence-electron chi connectivity index (χ2n) is 4.48. The topological polar surface area (TPSA) is 107 Å². The summed E-state index contributed by atoms with van der Waals surface area (Å²) in [5.74, 6) is -0.476. The van der Waals surface area contributed by atoms with Gasteiger partial charge in [-0.2, -0.15) is 0 Å². The van der Waals surface area contributed by atoms with Crippen LogP contribution in [-0.2, 0) is 9.59 Å². The van der Waals surface area contributed by atoms with Crippen molar-refractivity contribution in [2.75, 3.05) is 6.61 Å². The zero-order valence-electron chi connectivity index (χ0n) is 11.1. The molecule has 0 bridgehead atoms. The van der Waals surface area contributed by atoms with Crippen LogP contribution >= 0.6 is 0 Å². The van der Waals surface area contributed by atoms with Gasteiger partial charge in [-0.1, -0.05) is 12.1 Å². The van der Waals surface area contributed by atoms with Crippen molar-refractivity contribution in [3.63, 3.8) is 0 Å². The molecule has 1 aromatic carbocycles. The lowest BCUT2D eigenvalue weighted by atomic mass is 10.1. The number of nitrogens with one attached hydrogen (secondary N) is 1. The van der Waals surface area contributed by atoms with Crippen molar-refractivity contribution in [3.8, 4) is 5.75 Å². The molecule has 0 saturated heterocycles. The average molecular weight is 265 g/mol. The van der Waals surface area contributed by atoms with E-state index in [9.17, 15) is 9.59 Å². The van der Waals surface area contributed by atoms with Crippen LogP contribution in [0.4, 0.5) is 0 Å². The van der Waals surface area contributed by atoms with Crippen molar-refractivity contribution in [2.24, 2.45) is 11.5 Å². The fourth-order valence-electron chi connectivity index (χ4n) is 1.59. The molecule has 0 aromatic heterocycles. The zero-order chi connectivity index (χ0) is 14.4. The maximum Gasteiger partial charge on any atom is 0.255 e.